The summed E-state index contributed by atoms with van der Waals surface area (Å²) in [7, 11) is 0. The average molecular weight is 338 g/mol. The molecule has 0 heterocycles. The second-order valence-corrected chi connectivity index (χ2v) is 6.02. The Balaban J connectivity index is 2.51. The van der Waals surface area contributed by atoms with Gasteiger partial charge in [-0.2, -0.15) is 0 Å². The number of ether oxygens (including phenoxy) is 2. The number of esters is 2. The molecule has 4 heteroatoms. The lowest BCUT2D eigenvalue weighted by Gasteiger charge is -2.17. The topological polar surface area (TPSA) is 52.6 Å². The molecule has 2 aromatic carbocycles. The highest BCUT2D eigenvalue weighted by atomic mass is 16.5. The molecule has 0 atom stereocenters. The first-order chi connectivity index (χ1) is 11.9. The molecule has 0 aliphatic carbocycles. The third-order valence-electron chi connectivity index (χ3n) is 3.48. The molecule has 0 bridgehead atoms. The lowest BCUT2D eigenvalue weighted by molar-refractivity contribution is -0.132. The van der Waals surface area contributed by atoms with Gasteiger partial charge >= 0.3 is 11.9 Å². The van der Waals surface area contributed by atoms with Crippen molar-refractivity contribution in [2.75, 3.05) is 0 Å². The Morgan fingerprint density at radius 2 is 1.32 bits per heavy atom. The maximum absolute atomic E-state index is 11.5. The number of carbonyl (C=O) groups is 2. The quantitative estimate of drug-likeness (QED) is 0.445. The molecule has 0 saturated carbocycles. The van der Waals surface area contributed by atoms with Crippen LogP contribution in [0.25, 0.3) is 12.2 Å². The molecular formula is C21H22O4. The van der Waals surface area contributed by atoms with Crippen LogP contribution in [0.2, 0.25) is 0 Å². The molecule has 0 aliphatic rings. The van der Waals surface area contributed by atoms with Gasteiger partial charge in [-0.05, 0) is 29.2 Å². The molecule has 130 valence electrons. The van der Waals surface area contributed by atoms with Gasteiger partial charge in [-0.25, -0.2) is 0 Å². The summed E-state index contributed by atoms with van der Waals surface area (Å²) in [5, 5.41) is 0. The van der Waals surface area contributed by atoms with Crippen molar-refractivity contribution < 1.29 is 19.1 Å². The smallest absolute Gasteiger partial charge is 0.308 e. The predicted octanol–water partition coefficient (Wildman–Crippen LogP) is 4.83. The Bertz CT molecular complexity index is 752. The monoisotopic (exact) mass is 338 g/mol. The summed E-state index contributed by atoms with van der Waals surface area (Å²) in [5.74, 6) is 0.0125. The van der Waals surface area contributed by atoms with Crippen molar-refractivity contribution in [3.8, 4) is 11.5 Å². The number of rotatable bonds is 5. The van der Waals surface area contributed by atoms with Crippen LogP contribution in [0.5, 0.6) is 11.5 Å². The normalized spacial score (nSPS) is 10.9. The standard InChI is InChI=1S/C21H22O4/c1-14(2)21-19(24-15(3)22)12-18(13-20(21)25-16(4)23)11-10-17-8-6-5-7-9-17/h5-14H,1-4H3/b11-10+. The van der Waals surface area contributed by atoms with Gasteiger partial charge in [-0.3, -0.25) is 9.59 Å². The van der Waals surface area contributed by atoms with Gasteiger partial charge in [0.25, 0.3) is 0 Å². The van der Waals surface area contributed by atoms with Crippen molar-refractivity contribution in [1.29, 1.82) is 0 Å². The van der Waals surface area contributed by atoms with Gasteiger partial charge in [0, 0.05) is 19.4 Å². The molecule has 4 nitrogen and oxygen atoms in total. The number of benzene rings is 2. The largest absolute Gasteiger partial charge is 0.426 e. The van der Waals surface area contributed by atoms with Crippen molar-refractivity contribution in [2.45, 2.75) is 33.6 Å². The summed E-state index contributed by atoms with van der Waals surface area (Å²) >= 11 is 0. The minimum atomic E-state index is -0.417. The van der Waals surface area contributed by atoms with E-state index in [4.69, 9.17) is 9.47 Å². The molecule has 2 rings (SSSR count). The van der Waals surface area contributed by atoms with E-state index in [1.54, 1.807) is 12.1 Å². The van der Waals surface area contributed by atoms with Gasteiger partial charge in [0.1, 0.15) is 11.5 Å². The molecule has 0 aliphatic heterocycles. The highest BCUT2D eigenvalue weighted by Gasteiger charge is 2.18. The molecule has 0 unspecified atom stereocenters. The van der Waals surface area contributed by atoms with Crippen molar-refractivity contribution >= 4 is 24.1 Å². The summed E-state index contributed by atoms with van der Waals surface area (Å²) in [6, 6.07) is 13.4. The molecule has 0 saturated heterocycles. The van der Waals surface area contributed by atoms with E-state index in [0.29, 0.717) is 17.1 Å². The minimum absolute atomic E-state index is 0.0239. The number of carbonyl (C=O) groups excluding carboxylic acids is 2. The van der Waals surface area contributed by atoms with E-state index in [0.717, 1.165) is 11.1 Å². The fraction of sp³-hybridized carbons (Fsp3) is 0.238. The van der Waals surface area contributed by atoms with Crippen LogP contribution >= 0.6 is 0 Å². The zero-order chi connectivity index (χ0) is 18.4. The first-order valence-electron chi connectivity index (χ1n) is 8.14. The SMILES string of the molecule is CC(=O)Oc1cc(/C=C/c2ccccc2)cc(OC(C)=O)c1C(C)C. The van der Waals surface area contributed by atoms with Crippen molar-refractivity contribution in [1.82, 2.24) is 0 Å². The van der Waals surface area contributed by atoms with Gasteiger partial charge in [-0.1, -0.05) is 56.3 Å². The summed E-state index contributed by atoms with van der Waals surface area (Å²) < 4.78 is 10.7. The average Bonchev–Trinajstić information content (AvgIpc) is 2.52. The number of hydrogen-bond acceptors (Lipinski definition) is 4. The predicted molar refractivity (Wildman–Crippen MR) is 98.5 cm³/mol. The number of hydrogen-bond donors (Lipinski definition) is 0. The highest BCUT2D eigenvalue weighted by molar-refractivity contribution is 5.76. The first kappa shape index (κ1) is 18.5. The Hall–Kier alpha value is -2.88. The molecule has 0 radical (unpaired) electrons. The van der Waals surface area contributed by atoms with E-state index in [1.165, 1.54) is 13.8 Å². The van der Waals surface area contributed by atoms with E-state index in [9.17, 15) is 9.59 Å². The zero-order valence-electron chi connectivity index (χ0n) is 14.9. The van der Waals surface area contributed by atoms with Crippen LogP contribution in [-0.4, -0.2) is 11.9 Å². The lowest BCUT2D eigenvalue weighted by Crippen LogP contribution is -2.09. The van der Waals surface area contributed by atoms with E-state index in [-0.39, 0.29) is 5.92 Å². The van der Waals surface area contributed by atoms with E-state index in [1.807, 2.05) is 56.3 Å². The van der Waals surface area contributed by atoms with E-state index < -0.39 is 11.9 Å². The Labute approximate surface area is 148 Å². The van der Waals surface area contributed by atoms with Gasteiger partial charge in [0.15, 0.2) is 0 Å². The zero-order valence-corrected chi connectivity index (χ0v) is 14.9. The maximum Gasteiger partial charge on any atom is 0.308 e. The van der Waals surface area contributed by atoms with Crippen LogP contribution in [0, 0.1) is 0 Å². The molecule has 0 spiro atoms. The van der Waals surface area contributed by atoms with E-state index in [2.05, 4.69) is 0 Å². The van der Waals surface area contributed by atoms with Crippen LogP contribution in [0.3, 0.4) is 0 Å². The van der Waals surface area contributed by atoms with Crippen LogP contribution < -0.4 is 9.47 Å². The second kappa shape index (κ2) is 8.29. The maximum atomic E-state index is 11.5. The Morgan fingerprint density at radius 1 is 0.840 bits per heavy atom. The molecule has 25 heavy (non-hydrogen) atoms. The van der Waals surface area contributed by atoms with Gasteiger partial charge < -0.3 is 9.47 Å². The van der Waals surface area contributed by atoms with Crippen molar-refractivity contribution in [3.05, 3.63) is 59.2 Å². The van der Waals surface area contributed by atoms with Crippen LogP contribution in [0.4, 0.5) is 0 Å². The van der Waals surface area contributed by atoms with Gasteiger partial charge in [0.05, 0.1) is 0 Å². The van der Waals surface area contributed by atoms with Crippen LogP contribution in [0.15, 0.2) is 42.5 Å². The first-order valence-corrected chi connectivity index (χ1v) is 8.14. The van der Waals surface area contributed by atoms with Crippen molar-refractivity contribution in [3.63, 3.8) is 0 Å². The van der Waals surface area contributed by atoms with Crippen molar-refractivity contribution in [2.24, 2.45) is 0 Å². The molecule has 0 fully saturated rings. The summed E-state index contributed by atoms with van der Waals surface area (Å²) in [6.45, 7) is 6.60. The Kier molecular flexibility index (Phi) is 6.12. The summed E-state index contributed by atoms with van der Waals surface area (Å²) in [5.41, 5.74) is 2.52. The van der Waals surface area contributed by atoms with Crippen LogP contribution in [0.1, 0.15) is 50.3 Å². The molecule has 0 N–H and O–H groups in total. The van der Waals surface area contributed by atoms with Gasteiger partial charge in [-0.15, -0.1) is 0 Å². The fourth-order valence-electron chi connectivity index (χ4n) is 2.52. The minimum Gasteiger partial charge on any atom is -0.426 e. The molecular weight excluding hydrogens is 316 g/mol. The molecule has 0 aromatic heterocycles. The third-order valence-corrected chi connectivity index (χ3v) is 3.48. The molecule has 2 aromatic rings. The second-order valence-electron chi connectivity index (χ2n) is 6.02. The van der Waals surface area contributed by atoms with Gasteiger partial charge in [0.2, 0.25) is 0 Å². The summed E-state index contributed by atoms with van der Waals surface area (Å²) in [6.07, 6.45) is 3.83. The fourth-order valence-corrected chi connectivity index (χ4v) is 2.52. The highest BCUT2D eigenvalue weighted by Crippen LogP contribution is 2.37. The molecule has 0 amide bonds. The summed E-state index contributed by atoms with van der Waals surface area (Å²) in [4.78, 5) is 22.9. The Morgan fingerprint density at radius 3 is 1.76 bits per heavy atom. The third kappa shape index (κ3) is 5.31. The van der Waals surface area contributed by atoms with E-state index >= 15 is 0 Å². The van der Waals surface area contributed by atoms with Crippen LogP contribution in [-0.2, 0) is 9.59 Å². The lowest BCUT2D eigenvalue weighted by atomic mass is 9.98.